The predicted octanol–water partition coefficient (Wildman–Crippen LogP) is 1.90. The molecule has 2 fully saturated rings. The number of nitrogens with zero attached hydrogens (tertiary/aromatic N) is 13. The van der Waals surface area contributed by atoms with Crippen molar-refractivity contribution in [2.45, 2.75) is 26.3 Å². The first-order valence-corrected chi connectivity index (χ1v) is 15.8. The molecule has 2 saturated heterocycles. The summed E-state index contributed by atoms with van der Waals surface area (Å²) in [5.74, 6) is 1.79. The second-order valence-electron chi connectivity index (χ2n) is 11.3. The van der Waals surface area contributed by atoms with Crippen molar-refractivity contribution < 1.29 is 9.47 Å². The number of ether oxygens (including phenoxy) is 2. The van der Waals surface area contributed by atoms with Crippen LogP contribution in [-0.4, -0.2) is 112 Å². The maximum Gasteiger partial charge on any atom is 0.228 e. The Morgan fingerprint density at radius 2 is 1.23 bits per heavy atom. The van der Waals surface area contributed by atoms with E-state index < -0.39 is 0 Å². The average molecular weight is 653 g/mol. The fourth-order valence-corrected chi connectivity index (χ4v) is 5.40. The molecule has 48 heavy (non-hydrogen) atoms. The SMILES string of the molecule is CCC(C)n1ncc2c(-c3cnc(N)nc3)nc(N3CCOCC3)nc21.Nc1ncc(-c2nc(N3CCOCC3)nc3[nH]ncc23)cn1. The highest BCUT2D eigenvalue weighted by atomic mass is 16.5. The van der Waals surface area contributed by atoms with Gasteiger partial charge in [0.25, 0.3) is 0 Å². The number of nitrogens with one attached hydrogen (secondary N) is 1. The van der Waals surface area contributed by atoms with Crippen LogP contribution in [0.25, 0.3) is 44.6 Å². The Morgan fingerprint density at radius 1 is 0.708 bits per heavy atom. The van der Waals surface area contributed by atoms with E-state index in [0.29, 0.717) is 44.0 Å². The molecule has 6 aromatic heterocycles. The zero-order chi connectivity index (χ0) is 33.0. The summed E-state index contributed by atoms with van der Waals surface area (Å²) in [4.78, 5) is 39.4. The number of anilines is 4. The van der Waals surface area contributed by atoms with Crippen molar-refractivity contribution in [2.75, 3.05) is 73.9 Å². The van der Waals surface area contributed by atoms with Crippen LogP contribution in [0.3, 0.4) is 0 Å². The van der Waals surface area contributed by atoms with Gasteiger partial charge in [-0.05, 0) is 13.3 Å². The van der Waals surface area contributed by atoms with Crippen LogP contribution in [0.15, 0.2) is 37.2 Å². The van der Waals surface area contributed by atoms with E-state index in [9.17, 15) is 0 Å². The van der Waals surface area contributed by atoms with Crippen LogP contribution in [0.2, 0.25) is 0 Å². The highest BCUT2D eigenvalue weighted by Gasteiger charge is 2.22. The molecule has 0 radical (unpaired) electrons. The van der Waals surface area contributed by atoms with Gasteiger partial charge in [-0.25, -0.2) is 34.6 Å². The van der Waals surface area contributed by atoms with E-state index in [4.69, 9.17) is 30.9 Å². The average Bonchev–Trinajstić information content (AvgIpc) is 3.80. The van der Waals surface area contributed by atoms with E-state index in [1.807, 2.05) is 10.9 Å². The summed E-state index contributed by atoms with van der Waals surface area (Å²) in [7, 11) is 0. The van der Waals surface area contributed by atoms with E-state index >= 15 is 0 Å². The van der Waals surface area contributed by atoms with Crippen molar-refractivity contribution in [1.82, 2.24) is 59.8 Å². The Hall–Kier alpha value is -5.62. The summed E-state index contributed by atoms with van der Waals surface area (Å²) in [6, 6.07) is 0.246. The summed E-state index contributed by atoms with van der Waals surface area (Å²) >= 11 is 0. The van der Waals surface area contributed by atoms with Crippen LogP contribution in [0.5, 0.6) is 0 Å². The summed E-state index contributed by atoms with van der Waals surface area (Å²) in [5, 5.41) is 13.2. The molecule has 2 aliphatic rings. The van der Waals surface area contributed by atoms with Gasteiger partial charge in [-0.3, -0.25) is 5.10 Å². The van der Waals surface area contributed by atoms with Gasteiger partial charge in [0.2, 0.25) is 23.8 Å². The van der Waals surface area contributed by atoms with Crippen LogP contribution in [0.4, 0.5) is 23.8 Å². The molecule has 8 rings (SSSR count). The molecule has 0 aromatic carbocycles. The molecule has 0 aliphatic carbocycles. The quantitative estimate of drug-likeness (QED) is 0.233. The molecular weight excluding hydrogens is 616 g/mol. The van der Waals surface area contributed by atoms with Crippen LogP contribution in [-0.2, 0) is 9.47 Å². The molecule has 0 saturated carbocycles. The standard InChI is InChI=1S/C17H22N8O.C13H14N8O/c1-3-11(2)25-15-13(10-21-25)14(12-8-19-16(18)20-9-12)22-17(23-15)24-4-6-26-7-5-24;14-12-15-5-8(6-16-12)10-9-7-17-20-11(9)19-13(18-10)21-1-3-22-4-2-21/h8-11H,3-7H2,1-2H3,(H2,18,19,20);5-7H,1-4H2,(H2,14,15,16)(H,17,18,19,20). The fraction of sp³-hybridized carbons (Fsp3) is 0.400. The number of H-pyrrole nitrogens is 1. The molecule has 18 heteroatoms. The topological polar surface area (TPSA) is 227 Å². The van der Waals surface area contributed by atoms with Crippen molar-refractivity contribution in [2.24, 2.45) is 0 Å². The Bertz CT molecular complexity index is 1980. The summed E-state index contributed by atoms with van der Waals surface area (Å²) in [6.45, 7) is 10.0. The van der Waals surface area contributed by atoms with Gasteiger partial charge < -0.3 is 30.7 Å². The first kappa shape index (κ1) is 31.0. The molecule has 1 atom stereocenters. The summed E-state index contributed by atoms with van der Waals surface area (Å²) in [5.41, 5.74) is 15.8. The van der Waals surface area contributed by atoms with Gasteiger partial charge in [-0.2, -0.15) is 20.2 Å². The number of aromatic amines is 1. The maximum atomic E-state index is 5.63. The largest absolute Gasteiger partial charge is 0.378 e. The van der Waals surface area contributed by atoms with Crippen molar-refractivity contribution in [3.05, 3.63) is 37.2 Å². The molecule has 1 unspecified atom stereocenters. The molecule has 6 aromatic rings. The zero-order valence-corrected chi connectivity index (χ0v) is 26.7. The molecule has 0 bridgehead atoms. The lowest BCUT2D eigenvalue weighted by Crippen LogP contribution is -2.37. The van der Waals surface area contributed by atoms with E-state index in [2.05, 4.69) is 68.8 Å². The predicted molar refractivity (Wildman–Crippen MR) is 179 cm³/mol. The molecule has 0 spiro atoms. The highest BCUT2D eigenvalue weighted by molar-refractivity contribution is 5.91. The minimum Gasteiger partial charge on any atom is -0.378 e. The first-order valence-electron chi connectivity index (χ1n) is 15.8. The highest BCUT2D eigenvalue weighted by Crippen LogP contribution is 2.30. The number of nitrogen functional groups attached to an aromatic ring is 2. The molecule has 2 aliphatic heterocycles. The lowest BCUT2D eigenvalue weighted by molar-refractivity contribution is 0.122. The molecular formula is C30H36N16O2. The van der Waals surface area contributed by atoms with Gasteiger partial charge in [0.1, 0.15) is 0 Å². The second-order valence-corrected chi connectivity index (χ2v) is 11.3. The van der Waals surface area contributed by atoms with E-state index in [-0.39, 0.29) is 17.9 Å². The Morgan fingerprint density at radius 3 is 1.77 bits per heavy atom. The molecule has 248 valence electrons. The van der Waals surface area contributed by atoms with Gasteiger partial charge in [0, 0.05) is 62.1 Å². The van der Waals surface area contributed by atoms with Crippen LogP contribution in [0, 0.1) is 0 Å². The normalized spacial score (nSPS) is 15.8. The maximum absolute atomic E-state index is 5.63. The molecule has 0 amide bonds. The number of fused-ring (bicyclic) bond motifs is 2. The second kappa shape index (κ2) is 13.6. The first-order chi connectivity index (χ1) is 23.5. The lowest BCUT2D eigenvalue weighted by Gasteiger charge is -2.27. The Kier molecular flexibility index (Phi) is 8.80. The number of aromatic nitrogens is 12. The Labute approximate surface area is 275 Å². The van der Waals surface area contributed by atoms with Gasteiger partial charge in [0.05, 0.1) is 67.0 Å². The van der Waals surface area contributed by atoms with Gasteiger partial charge in [-0.15, -0.1) is 0 Å². The van der Waals surface area contributed by atoms with Crippen LogP contribution < -0.4 is 21.3 Å². The van der Waals surface area contributed by atoms with Crippen LogP contribution >= 0.6 is 0 Å². The third kappa shape index (κ3) is 6.34. The third-order valence-electron chi connectivity index (χ3n) is 8.23. The minimum atomic E-state index is 0.231. The van der Waals surface area contributed by atoms with Gasteiger partial charge in [0.15, 0.2) is 11.3 Å². The van der Waals surface area contributed by atoms with E-state index in [1.165, 1.54) is 0 Å². The van der Waals surface area contributed by atoms with Crippen molar-refractivity contribution in [3.8, 4) is 22.5 Å². The monoisotopic (exact) mass is 652 g/mol. The number of nitrogens with two attached hydrogens (primary N) is 2. The Balaban J connectivity index is 0.000000154. The number of hydrogen-bond acceptors (Lipinski definition) is 16. The van der Waals surface area contributed by atoms with Crippen molar-refractivity contribution in [1.29, 1.82) is 0 Å². The summed E-state index contributed by atoms with van der Waals surface area (Å²) < 4.78 is 12.8. The molecule has 18 nitrogen and oxygen atoms in total. The number of morpholine rings is 2. The van der Waals surface area contributed by atoms with Crippen molar-refractivity contribution >= 4 is 45.9 Å². The third-order valence-corrected chi connectivity index (χ3v) is 8.23. The zero-order valence-electron chi connectivity index (χ0n) is 26.7. The van der Waals surface area contributed by atoms with E-state index in [1.54, 1.807) is 31.0 Å². The minimum absolute atomic E-state index is 0.231. The molecule has 5 N–H and O–H groups in total. The van der Waals surface area contributed by atoms with Gasteiger partial charge in [-0.1, -0.05) is 6.92 Å². The fourth-order valence-electron chi connectivity index (χ4n) is 5.40. The number of rotatable bonds is 6. The van der Waals surface area contributed by atoms with Crippen molar-refractivity contribution in [3.63, 3.8) is 0 Å². The molecule has 8 heterocycles. The smallest absolute Gasteiger partial charge is 0.228 e. The number of hydrogen-bond donors (Lipinski definition) is 3. The lowest BCUT2D eigenvalue weighted by atomic mass is 10.2. The van der Waals surface area contributed by atoms with E-state index in [0.717, 1.165) is 71.5 Å². The van der Waals surface area contributed by atoms with Crippen LogP contribution in [0.1, 0.15) is 26.3 Å². The van der Waals surface area contributed by atoms with Gasteiger partial charge >= 0.3 is 0 Å². The summed E-state index contributed by atoms with van der Waals surface area (Å²) in [6.07, 6.45) is 11.2.